The molecule has 5 fully saturated rings. The van der Waals surface area contributed by atoms with Crippen molar-refractivity contribution in [1.82, 2.24) is 0 Å². The van der Waals surface area contributed by atoms with Gasteiger partial charge in [0.2, 0.25) is 0 Å². The van der Waals surface area contributed by atoms with Gasteiger partial charge in [-0.3, -0.25) is 0 Å². The van der Waals surface area contributed by atoms with Crippen molar-refractivity contribution in [2.24, 2.45) is 17.3 Å². The van der Waals surface area contributed by atoms with Gasteiger partial charge in [0.25, 0.3) is 0 Å². The maximum Gasteiger partial charge on any atom is 0.334 e. The molecule has 3 saturated heterocycles. The number of hydrogen-bond donors (Lipinski definition) is 1. The minimum Gasteiger partial charge on any atom is -0.458 e. The van der Waals surface area contributed by atoms with E-state index in [0.29, 0.717) is 6.61 Å². The van der Waals surface area contributed by atoms with E-state index in [-0.39, 0.29) is 41.5 Å². The van der Waals surface area contributed by atoms with Gasteiger partial charge < -0.3 is 24.1 Å². The van der Waals surface area contributed by atoms with Gasteiger partial charge >= 0.3 is 5.97 Å². The highest BCUT2D eigenvalue weighted by molar-refractivity contribution is 5.92. The average Bonchev–Trinajstić information content (AvgIpc) is 3.47. The lowest BCUT2D eigenvalue weighted by Gasteiger charge is -2.53. The first-order chi connectivity index (χ1) is 12.3. The summed E-state index contributed by atoms with van der Waals surface area (Å²) in [7, 11) is 0. The average molecular weight is 360 g/mol. The molecule has 4 aliphatic heterocycles. The Morgan fingerprint density at radius 1 is 1.19 bits per heavy atom. The van der Waals surface area contributed by atoms with Gasteiger partial charge in [-0.25, -0.2) is 4.79 Å². The van der Waals surface area contributed by atoms with Crippen LogP contribution in [0.4, 0.5) is 0 Å². The molecule has 6 nitrogen and oxygen atoms in total. The van der Waals surface area contributed by atoms with Crippen LogP contribution in [0.25, 0.3) is 0 Å². The Morgan fingerprint density at radius 2 is 2.00 bits per heavy atom. The van der Waals surface area contributed by atoms with Gasteiger partial charge in [0.1, 0.15) is 36.1 Å². The maximum atomic E-state index is 12.1. The number of fused-ring (bicyclic) bond motifs is 4. The Bertz CT molecular complexity index is 819. The molecule has 0 aromatic heterocycles. The summed E-state index contributed by atoms with van der Waals surface area (Å²) < 4.78 is 24.3. The number of epoxide rings is 3. The third-order valence-electron chi connectivity index (χ3n) is 9.10. The molecular weight excluding hydrogens is 336 g/mol. The molecule has 7 aliphatic rings. The van der Waals surface area contributed by atoms with Crippen molar-refractivity contribution in [3.63, 3.8) is 0 Å². The summed E-state index contributed by atoms with van der Waals surface area (Å²) in [5.41, 5.74) is 0.230. The number of aliphatic hydroxyl groups excluding tert-OH is 1. The van der Waals surface area contributed by atoms with Gasteiger partial charge in [-0.2, -0.15) is 0 Å². The maximum absolute atomic E-state index is 12.1. The summed E-state index contributed by atoms with van der Waals surface area (Å²) in [6, 6.07) is 0. The first kappa shape index (κ1) is 15.0. The molecule has 0 aromatic rings. The number of hydrogen-bond acceptors (Lipinski definition) is 6. The predicted molar refractivity (Wildman–Crippen MR) is 87.1 cm³/mol. The zero-order chi connectivity index (χ0) is 17.9. The van der Waals surface area contributed by atoms with Gasteiger partial charge in [-0.1, -0.05) is 20.8 Å². The van der Waals surface area contributed by atoms with Gasteiger partial charge in [0.15, 0.2) is 5.60 Å². The van der Waals surface area contributed by atoms with Crippen LogP contribution in [0.15, 0.2) is 11.1 Å². The van der Waals surface area contributed by atoms with Crippen molar-refractivity contribution in [3.05, 3.63) is 11.1 Å². The van der Waals surface area contributed by atoms with Crippen molar-refractivity contribution >= 4 is 5.97 Å². The van der Waals surface area contributed by atoms with Crippen molar-refractivity contribution in [2.75, 3.05) is 6.61 Å². The number of rotatable bonds is 1. The molecule has 2 saturated carbocycles. The monoisotopic (exact) mass is 360 g/mol. The third-order valence-corrected chi connectivity index (χ3v) is 9.10. The minimum absolute atomic E-state index is 0.00808. The first-order valence-electron chi connectivity index (χ1n) is 9.95. The Balaban J connectivity index is 1.39. The second-order valence-electron chi connectivity index (χ2n) is 9.91. The van der Waals surface area contributed by atoms with Crippen LogP contribution in [0.2, 0.25) is 0 Å². The van der Waals surface area contributed by atoms with Crippen LogP contribution in [0, 0.1) is 17.3 Å². The number of ether oxygens (including phenoxy) is 4. The van der Waals surface area contributed by atoms with Gasteiger partial charge in [0, 0.05) is 11.0 Å². The normalized spacial score (nSPS) is 63.1. The van der Waals surface area contributed by atoms with Crippen LogP contribution < -0.4 is 0 Å². The van der Waals surface area contributed by atoms with Crippen molar-refractivity contribution in [2.45, 2.75) is 81.3 Å². The zero-order valence-corrected chi connectivity index (χ0v) is 15.3. The topological polar surface area (TPSA) is 84.1 Å². The van der Waals surface area contributed by atoms with E-state index in [1.54, 1.807) is 0 Å². The second kappa shape index (κ2) is 3.79. The number of carbonyl (C=O) groups is 1. The Morgan fingerprint density at radius 3 is 2.77 bits per heavy atom. The summed E-state index contributed by atoms with van der Waals surface area (Å²) in [5.74, 6) is 0.297. The summed E-state index contributed by atoms with van der Waals surface area (Å²) >= 11 is 0. The predicted octanol–water partition coefficient (Wildman–Crippen LogP) is 1.10. The van der Waals surface area contributed by atoms with Crippen molar-refractivity contribution < 1.29 is 28.8 Å². The summed E-state index contributed by atoms with van der Waals surface area (Å²) in [6.07, 6.45) is 1.71. The quantitative estimate of drug-likeness (QED) is 0.557. The molecule has 2 spiro atoms. The Labute approximate surface area is 151 Å². The number of cyclic esters (lactones) is 1. The molecule has 6 unspecified atom stereocenters. The second-order valence-corrected chi connectivity index (χ2v) is 9.91. The molecule has 26 heavy (non-hydrogen) atoms. The van der Waals surface area contributed by atoms with Gasteiger partial charge in [-0.15, -0.1) is 0 Å². The number of esters is 1. The van der Waals surface area contributed by atoms with E-state index in [2.05, 4.69) is 20.8 Å². The smallest absolute Gasteiger partial charge is 0.334 e. The van der Waals surface area contributed by atoms with Crippen LogP contribution in [0.3, 0.4) is 0 Å². The zero-order valence-electron chi connectivity index (χ0n) is 15.3. The van der Waals surface area contributed by atoms with E-state index in [0.717, 1.165) is 30.4 Å². The van der Waals surface area contributed by atoms with E-state index in [1.165, 1.54) is 0 Å². The van der Waals surface area contributed by atoms with E-state index in [1.807, 2.05) is 0 Å². The van der Waals surface area contributed by atoms with Gasteiger partial charge in [-0.05, 0) is 36.7 Å². The molecule has 0 amide bonds. The molecule has 4 heterocycles. The van der Waals surface area contributed by atoms with Crippen molar-refractivity contribution in [1.29, 1.82) is 0 Å². The Hall–Kier alpha value is -0.950. The molecule has 140 valence electrons. The minimum atomic E-state index is -0.654. The highest BCUT2D eigenvalue weighted by Crippen LogP contribution is 2.82. The SMILES string of the molecule is CC(C)[C@]12O[C@H]1C1OC13C1(OC1C[C@H]1C4=C(CCC13C)C(=O)OC4)C2O. The van der Waals surface area contributed by atoms with Crippen LogP contribution in [-0.4, -0.2) is 58.9 Å². The fraction of sp³-hybridized carbons (Fsp3) is 0.850. The molecular formula is C20H24O6. The summed E-state index contributed by atoms with van der Waals surface area (Å²) in [4.78, 5) is 12.1. The Kier molecular flexibility index (Phi) is 2.19. The highest BCUT2D eigenvalue weighted by Gasteiger charge is 3.00. The van der Waals surface area contributed by atoms with Crippen LogP contribution >= 0.6 is 0 Å². The molecule has 3 aliphatic carbocycles. The molecule has 6 heteroatoms. The highest BCUT2D eigenvalue weighted by atomic mass is 16.7. The molecule has 9 atom stereocenters. The third kappa shape index (κ3) is 1.14. The largest absolute Gasteiger partial charge is 0.458 e. The summed E-state index contributed by atoms with van der Waals surface area (Å²) in [5, 5.41) is 11.4. The number of carbonyl (C=O) groups excluding carboxylic acids is 1. The fourth-order valence-electron chi connectivity index (χ4n) is 7.70. The van der Waals surface area contributed by atoms with E-state index >= 15 is 0 Å². The number of aliphatic hydroxyl groups is 1. The van der Waals surface area contributed by atoms with Crippen molar-refractivity contribution in [3.8, 4) is 0 Å². The van der Waals surface area contributed by atoms with Crippen LogP contribution in [0.1, 0.15) is 40.0 Å². The van der Waals surface area contributed by atoms with E-state index in [4.69, 9.17) is 18.9 Å². The lowest BCUT2D eigenvalue weighted by molar-refractivity contribution is -0.136. The van der Waals surface area contributed by atoms with E-state index < -0.39 is 22.9 Å². The fourth-order valence-corrected chi connectivity index (χ4v) is 7.70. The van der Waals surface area contributed by atoms with Gasteiger partial charge in [0.05, 0.1) is 6.10 Å². The first-order valence-corrected chi connectivity index (χ1v) is 9.95. The van der Waals surface area contributed by atoms with E-state index in [9.17, 15) is 9.90 Å². The molecule has 7 rings (SSSR count). The molecule has 0 radical (unpaired) electrons. The molecule has 0 bridgehead atoms. The molecule has 0 aromatic carbocycles. The summed E-state index contributed by atoms with van der Waals surface area (Å²) in [6.45, 7) is 6.91. The van der Waals surface area contributed by atoms with Crippen LogP contribution in [0.5, 0.6) is 0 Å². The lowest BCUT2D eigenvalue weighted by atomic mass is 9.46. The standard InChI is InChI=1S/C20H24O6/c1-8(2)18-13(25-18)14-20(26-14)17(3)5-4-9-10(7-23-15(9)21)11(17)6-12-19(20,24-12)16(18)22/h8,11-14,16,22H,4-7H2,1-3H3/t11-,12?,13-,14?,16?,17?,18-,19?,20?/m0/s1. The van der Waals surface area contributed by atoms with Crippen LogP contribution in [-0.2, 0) is 23.7 Å². The molecule has 1 N–H and O–H groups in total. The lowest BCUT2D eigenvalue weighted by Crippen LogP contribution is -2.69.